The number of carbonyl (C=O) groups is 2. The zero-order valence-electron chi connectivity index (χ0n) is 27.6. The van der Waals surface area contributed by atoms with Crippen LogP contribution in [0.25, 0.3) is 0 Å². The minimum absolute atomic E-state index is 0.0285. The first-order valence-corrected chi connectivity index (χ1v) is 17.8. The fourth-order valence-electron chi connectivity index (χ4n) is 6.48. The van der Waals surface area contributed by atoms with Crippen molar-refractivity contribution in [3.8, 4) is 5.75 Å². The Balaban J connectivity index is 1.50. The van der Waals surface area contributed by atoms with E-state index in [9.17, 15) is 28.2 Å². The van der Waals surface area contributed by atoms with Crippen LogP contribution in [0.4, 0.5) is 4.79 Å². The van der Waals surface area contributed by atoms with E-state index in [-0.39, 0.29) is 36.3 Å². The van der Waals surface area contributed by atoms with Crippen molar-refractivity contribution in [3.05, 3.63) is 65.7 Å². The number of hydrogen-bond acceptors (Lipinski definition) is 9. The van der Waals surface area contributed by atoms with Crippen LogP contribution in [0.15, 0.2) is 54.6 Å². The van der Waals surface area contributed by atoms with Crippen LogP contribution in [0, 0.1) is 5.92 Å². The predicted octanol–water partition coefficient (Wildman–Crippen LogP) is 2.70. The molecular formula is C34H50N4O7S. The van der Waals surface area contributed by atoms with E-state index in [2.05, 4.69) is 15.5 Å². The Morgan fingerprint density at radius 3 is 2.39 bits per heavy atom. The van der Waals surface area contributed by atoms with Crippen molar-refractivity contribution in [2.75, 3.05) is 31.9 Å². The monoisotopic (exact) mass is 658 g/mol. The number of alkyl carbamates (subject to hydrolysis) is 1. The first-order valence-electron chi connectivity index (χ1n) is 16.1. The lowest BCUT2D eigenvalue weighted by Gasteiger charge is -2.43. The number of amides is 2. The smallest absolute Gasteiger partial charge is 0.407 e. The van der Waals surface area contributed by atoms with E-state index in [1.54, 1.807) is 32.0 Å². The summed E-state index contributed by atoms with van der Waals surface area (Å²) in [5.41, 5.74) is 1.37. The number of ether oxygens (including phenoxy) is 1. The molecule has 2 heterocycles. The Labute approximate surface area is 273 Å². The van der Waals surface area contributed by atoms with E-state index >= 15 is 0 Å². The molecule has 2 amide bonds. The van der Waals surface area contributed by atoms with E-state index in [0.29, 0.717) is 32.6 Å². The molecule has 5 atom stereocenters. The Hall–Kier alpha value is -3.19. The molecular weight excluding hydrogens is 608 g/mol. The quantitative estimate of drug-likeness (QED) is 0.286. The van der Waals surface area contributed by atoms with Crippen LogP contribution in [0.2, 0.25) is 0 Å². The second-order valence-corrected chi connectivity index (χ2v) is 16.2. The molecule has 2 saturated heterocycles. The van der Waals surface area contributed by atoms with Gasteiger partial charge in [0.15, 0.2) is 9.84 Å². The largest absolute Gasteiger partial charge is 0.508 e. The SMILES string of the molecule is CC(C)[C@@H]1C(OC(=O)NC(Cc2ccccc2)[C@H](O)CN2CCN(Cc3cccc(O)c3)C[C@H]2C(=O)NC(C)(C)C)CCS1(=O)=O. The van der Waals surface area contributed by atoms with Gasteiger partial charge in [-0.15, -0.1) is 0 Å². The molecule has 11 nitrogen and oxygen atoms in total. The summed E-state index contributed by atoms with van der Waals surface area (Å²) < 4.78 is 30.9. The van der Waals surface area contributed by atoms with Gasteiger partial charge in [0, 0.05) is 38.3 Å². The fraction of sp³-hybridized carbons (Fsp3) is 0.588. The minimum Gasteiger partial charge on any atom is -0.508 e. The number of benzene rings is 2. The molecule has 0 radical (unpaired) electrons. The van der Waals surface area contributed by atoms with Crippen LogP contribution >= 0.6 is 0 Å². The van der Waals surface area contributed by atoms with Gasteiger partial charge in [-0.3, -0.25) is 14.6 Å². The number of aliphatic hydroxyl groups excluding tert-OH is 1. The lowest BCUT2D eigenvalue weighted by molar-refractivity contribution is -0.131. The third-order valence-corrected chi connectivity index (χ3v) is 11.0. The van der Waals surface area contributed by atoms with Crippen molar-refractivity contribution in [2.45, 2.75) is 89.1 Å². The Bertz CT molecular complexity index is 1430. The summed E-state index contributed by atoms with van der Waals surface area (Å²) in [7, 11) is -3.36. The van der Waals surface area contributed by atoms with Crippen LogP contribution in [0.1, 0.15) is 52.2 Å². The topological polar surface area (TPSA) is 149 Å². The Kier molecular flexibility index (Phi) is 11.7. The molecule has 0 saturated carbocycles. The summed E-state index contributed by atoms with van der Waals surface area (Å²) in [6.45, 7) is 11.6. The standard InChI is InChI=1S/C34H50N4O7S/c1-23(2)31-30(14-17-46(31,43)44)45-33(42)35-27(19-24-10-7-6-8-11-24)29(40)22-38-16-15-37(20-25-12-9-13-26(39)18-25)21-28(38)32(41)36-34(3,4)5/h6-13,18,23,27-31,39-40H,14-17,19-22H2,1-5H3,(H,35,42)(H,36,41)/t27?,28-,29+,30?,31+/m0/s1. The number of aliphatic hydroxyl groups is 1. The molecule has 0 aromatic heterocycles. The highest BCUT2D eigenvalue weighted by molar-refractivity contribution is 7.92. The number of nitrogens with one attached hydrogen (secondary N) is 2. The van der Waals surface area contributed by atoms with Crippen molar-refractivity contribution in [2.24, 2.45) is 5.92 Å². The van der Waals surface area contributed by atoms with E-state index in [1.807, 2.05) is 62.1 Å². The van der Waals surface area contributed by atoms with Gasteiger partial charge in [0.1, 0.15) is 23.1 Å². The summed E-state index contributed by atoms with van der Waals surface area (Å²) in [6, 6.07) is 15.2. The van der Waals surface area contributed by atoms with Crippen LogP contribution < -0.4 is 10.6 Å². The predicted molar refractivity (Wildman–Crippen MR) is 177 cm³/mol. The molecule has 4 rings (SSSR count). The Morgan fingerprint density at radius 2 is 1.74 bits per heavy atom. The molecule has 254 valence electrons. The average Bonchev–Trinajstić information content (AvgIpc) is 3.26. The summed E-state index contributed by atoms with van der Waals surface area (Å²) in [5.74, 6) is -0.210. The van der Waals surface area contributed by atoms with Gasteiger partial charge in [-0.1, -0.05) is 56.3 Å². The molecule has 4 N–H and O–H groups in total. The number of nitrogens with zero attached hydrogens (tertiary/aromatic N) is 2. The van der Waals surface area contributed by atoms with Gasteiger partial charge in [0.05, 0.1) is 17.9 Å². The van der Waals surface area contributed by atoms with Crippen molar-refractivity contribution in [1.82, 2.24) is 20.4 Å². The molecule has 2 fully saturated rings. The van der Waals surface area contributed by atoms with Gasteiger partial charge in [0.25, 0.3) is 0 Å². The van der Waals surface area contributed by atoms with Crippen molar-refractivity contribution in [3.63, 3.8) is 0 Å². The second kappa shape index (κ2) is 15.1. The first-order chi connectivity index (χ1) is 21.6. The molecule has 46 heavy (non-hydrogen) atoms. The molecule has 2 aromatic carbocycles. The number of β-amino-alcohol motifs (C(OH)–C–C–N with tert-alkyl or cyclic N) is 1. The van der Waals surface area contributed by atoms with Gasteiger partial charge in [-0.05, 0) is 62.8 Å². The fourth-order valence-corrected chi connectivity index (χ4v) is 8.79. The zero-order chi connectivity index (χ0) is 33.6. The van der Waals surface area contributed by atoms with Crippen molar-refractivity contribution < 1.29 is 33.0 Å². The summed E-state index contributed by atoms with van der Waals surface area (Å²) in [5, 5.41) is 26.7. The van der Waals surface area contributed by atoms with Gasteiger partial charge in [-0.25, -0.2) is 13.2 Å². The van der Waals surface area contributed by atoms with Gasteiger partial charge in [-0.2, -0.15) is 0 Å². The third kappa shape index (κ3) is 9.90. The number of phenols is 1. The molecule has 2 aromatic rings. The number of carbonyl (C=O) groups excluding carboxylic acids is 2. The van der Waals surface area contributed by atoms with Gasteiger partial charge >= 0.3 is 6.09 Å². The van der Waals surface area contributed by atoms with E-state index in [4.69, 9.17) is 4.74 Å². The maximum absolute atomic E-state index is 13.6. The number of piperazine rings is 1. The van der Waals surface area contributed by atoms with E-state index in [1.165, 1.54) is 0 Å². The highest BCUT2D eigenvalue weighted by Gasteiger charge is 2.45. The second-order valence-electron chi connectivity index (χ2n) is 14.0. The average molecular weight is 659 g/mol. The molecule has 0 aliphatic carbocycles. The Morgan fingerprint density at radius 1 is 1.04 bits per heavy atom. The normalized spacial score (nSPS) is 23.5. The maximum Gasteiger partial charge on any atom is 0.407 e. The zero-order valence-corrected chi connectivity index (χ0v) is 28.4. The molecule has 2 unspecified atom stereocenters. The number of phenolic OH excluding ortho intramolecular Hbond substituents is 1. The maximum atomic E-state index is 13.6. The van der Waals surface area contributed by atoms with Crippen LogP contribution in [0.5, 0.6) is 5.75 Å². The molecule has 12 heteroatoms. The van der Waals surface area contributed by atoms with E-state index in [0.717, 1.165) is 11.1 Å². The summed E-state index contributed by atoms with van der Waals surface area (Å²) in [4.78, 5) is 30.9. The van der Waals surface area contributed by atoms with Crippen LogP contribution in [0.3, 0.4) is 0 Å². The lowest BCUT2D eigenvalue weighted by atomic mass is 9.99. The van der Waals surface area contributed by atoms with Gasteiger partial charge in [0.2, 0.25) is 5.91 Å². The highest BCUT2D eigenvalue weighted by atomic mass is 32.2. The molecule has 2 aliphatic heterocycles. The lowest BCUT2D eigenvalue weighted by Crippen LogP contribution is -2.63. The highest BCUT2D eigenvalue weighted by Crippen LogP contribution is 2.29. The summed E-state index contributed by atoms with van der Waals surface area (Å²) in [6.07, 6.45) is -2.05. The minimum atomic E-state index is -3.36. The number of hydrogen-bond donors (Lipinski definition) is 4. The van der Waals surface area contributed by atoms with Crippen LogP contribution in [-0.4, -0.2) is 107 Å². The third-order valence-electron chi connectivity index (χ3n) is 8.56. The van der Waals surface area contributed by atoms with Crippen molar-refractivity contribution >= 4 is 21.8 Å². The first kappa shape index (κ1) is 35.7. The molecule has 0 bridgehead atoms. The molecule has 2 aliphatic rings. The molecule has 0 spiro atoms. The van der Waals surface area contributed by atoms with Crippen LogP contribution in [-0.2, 0) is 32.3 Å². The number of aromatic hydroxyl groups is 1. The number of rotatable bonds is 11. The van der Waals surface area contributed by atoms with Crippen molar-refractivity contribution in [1.29, 1.82) is 0 Å². The summed E-state index contributed by atoms with van der Waals surface area (Å²) >= 11 is 0. The number of sulfone groups is 1. The van der Waals surface area contributed by atoms with E-state index < -0.39 is 51.0 Å². The van der Waals surface area contributed by atoms with Gasteiger partial charge < -0.3 is 25.6 Å².